The number of hydrogen-bond donors (Lipinski definition) is 1. The van der Waals surface area contributed by atoms with Gasteiger partial charge in [-0.25, -0.2) is 5.90 Å². The molecule has 0 saturated carbocycles. The molecule has 2 rings (SSSR count). The van der Waals surface area contributed by atoms with Crippen LogP contribution in [-0.2, 0) is 18.3 Å². The first-order valence-corrected chi connectivity index (χ1v) is 5.20. The van der Waals surface area contributed by atoms with Gasteiger partial charge in [0.15, 0.2) is 0 Å². The Morgan fingerprint density at radius 1 is 1.31 bits per heavy atom. The third-order valence-corrected chi connectivity index (χ3v) is 2.79. The summed E-state index contributed by atoms with van der Waals surface area (Å²) in [5.74, 6) is 5.95. The highest BCUT2D eigenvalue weighted by Gasteiger charge is 2.09. The van der Waals surface area contributed by atoms with Crippen molar-refractivity contribution >= 4 is 10.9 Å². The topological polar surface area (TPSA) is 49.4 Å². The van der Waals surface area contributed by atoms with Crippen molar-refractivity contribution in [2.24, 2.45) is 12.9 Å². The van der Waals surface area contributed by atoms with Gasteiger partial charge in [-0.3, -0.25) is 0 Å². The summed E-state index contributed by atoms with van der Waals surface area (Å²) in [7, 11) is 3.71. The number of rotatable bonds is 4. The molecule has 0 aliphatic rings. The van der Waals surface area contributed by atoms with Crippen molar-refractivity contribution in [2.75, 3.05) is 13.7 Å². The molecule has 1 aromatic heterocycles. The predicted octanol–water partition coefficient (Wildman–Crippen LogP) is 1.62. The fourth-order valence-electron chi connectivity index (χ4n) is 1.98. The van der Waals surface area contributed by atoms with E-state index >= 15 is 0 Å². The Hall–Kier alpha value is -1.52. The number of nitrogens with two attached hydrogens (primary N) is 1. The van der Waals surface area contributed by atoms with E-state index in [9.17, 15) is 0 Å². The molecule has 0 aliphatic heterocycles. The number of methoxy groups -OCH3 is 1. The normalized spacial score (nSPS) is 10.9. The fourth-order valence-corrected chi connectivity index (χ4v) is 1.98. The van der Waals surface area contributed by atoms with E-state index in [-0.39, 0.29) is 0 Å². The van der Waals surface area contributed by atoms with E-state index < -0.39 is 0 Å². The summed E-state index contributed by atoms with van der Waals surface area (Å²) in [6.07, 6.45) is 2.78. The van der Waals surface area contributed by atoms with E-state index in [1.54, 1.807) is 7.11 Å². The van der Waals surface area contributed by atoms with Crippen molar-refractivity contribution in [3.63, 3.8) is 0 Å². The van der Waals surface area contributed by atoms with Crippen LogP contribution in [0.15, 0.2) is 24.4 Å². The molecule has 2 N–H and O–H groups in total. The Bertz CT molecular complexity index is 491. The lowest BCUT2D eigenvalue weighted by molar-refractivity contribution is 0.141. The summed E-state index contributed by atoms with van der Waals surface area (Å²) in [4.78, 5) is 4.60. The standard InChI is InChI=1S/C12H16N2O2/c1-14-7-5-10-11(14)4-3-9(6-8-16-13)12(10)15-2/h3-5,7H,6,8,13H2,1-2H3. The largest absolute Gasteiger partial charge is 0.496 e. The average Bonchev–Trinajstić information content (AvgIpc) is 2.68. The number of fused-ring (bicyclic) bond motifs is 1. The van der Waals surface area contributed by atoms with Crippen LogP contribution in [0, 0.1) is 0 Å². The quantitative estimate of drug-likeness (QED) is 0.796. The molecule has 0 radical (unpaired) electrons. The zero-order valence-corrected chi connectivity index (χ0v) is 9.56. The van der Waals surface area contributed by atoms with Gasteiger partial charge in [0.1, 0.15) is 5.75 Å². The Morgan fingerprint density at radius 3 is 2.81 bits per heavy atom. The van der Waals surface area contributed by atoms with E-state index in [0.717, 1.165) is 28.6 Å². The Kier molecular flexibility index (Phi) is 3.12. The van der Waals surface area contributed by atoms with E-state index in [1.807, 2.05) is 13.2 Å². The summed E-state index contributed by atoms with van der Waals surface area (Å²) < 4.78 is 7.53. The molecule has 4 heteroatoms. The lowest BCUT2D eigenvalue weighted by Crippen LogP contribution is -2.05. The van der Waals surface area contributed by atoms with Gasteiger partial charge in [0.2, 0.25) is 0 Å². The number of aryl methyl sites for hydroxylation is 1. The predicted molar refractivity (Wildman–Crippen MR) is 63.3 cm³/mol. The van der Waals surface area contributed by atoms with Gasteiger partial charge in [-0.2, -0.15) is 0 Å². The smallest absolute Gasteiger partial charge is 0.131 e. The van der Waals surface area contributed by atoms with Crippen LogP contribution >= 0.6 is 0 Å². The Labute approximate surface area is 94.5 Å². The van der Waals surface area contributed by atoms with Gasteiger partial charge in [0.05, 0.1) is 19.2 Å². The minimum absolute atomic E-state index is 0.495. The van der Waals surface area contributed by atoms with Crippen LogP contribution < -0.4 is 10.6 Å². The SMILES string of the molecule is COc1c(CCON)ccc2c1ccn2C. The third-order valence-electron chi connectivity index (χ3n) is 2.79. The van der Waals surface area contributed by atoms with Gasteiger partial charge < -0.3 is 14.1 Å². The van der Waals surface area contributed by atoms with Crippen molar-refractivity contribution in [3.8, 4) is 5.75 Å². The summed E-state index contributed by atoms with van der Waals surface area (Å²) >= 11 is 0. The fraction of sp³-hybridized carbons (Fsp3) is 0.333. The van der Waals surface area contributed by atoms with Crippen LogP contribution in [0.2, 0.25) is 0 Å². The van der Waals surface area contributed by atoms with Crippen LogP contribution in [0.25, 0.3) is 10.9 Å². The van der Waals surface area contributed by atoms with Gasteiger partial charge in [-0.05, 0) is 17.7 Å². The molecule has 0 bridgehead atoms. The van der Waals surface area contributed by atoms with Crippen molar-refractivity contribution in [3.05, 3.63) is 30.0 Å². The number of benzene rings is 1. The van der Waals surface area contributed by atoms with Crippen LogP contribution in [0.5, 0.6) is 5.75 Å². The minimum atomic E-state index is 0.495. The van der Waals surface area contributed by atoms with Crippen molar-refractivity contribution in [1.82, 2.24) is 4.57 Å². The molecule has 1 aromatic carbocycles. The lowest BCUT2D eigenvalue weighted by atomic mass is 10.1. The van der Waals surface area contributed by atoms with Crippen LogP contribution in [0.4, 0.5) is 0 Å². The maximum atomic E-state index is 5.46. The zero-order chi connectivity index (χ0) is 11.5. The Morgan fingerprint density at radius 2 is 2.12 bits per heavy atom. The van der Waals surface area contributed by atoms with Gasteiger partial charge >= 0.3 is 0 Å². The molecule has 4 nitrogen and oxygen atoms in total. The molecule has 16 heavy (non-hydrogen) atoms. The first-order chi connectivity index (χ1) is 7.77. The molecule has 0 aliphatic carbocycles. The highest BCUT2D eigenvalue weighted by atomic mass is 16.6. The lowest BCUT2D eigenvalue weighted by Gasteiger charge is -2.09. The molecule has 86 valence electrons. The van der Waals surface area contributed by atoms with Crippen LogP contribution in [0.1, 0.15) is 5.56 Å². The first kappa shape index (κ1) is 11.0. The first-order valence-electron chi connectivity index (χ1n) is 5.20. The number of nitrogens with zero attached hydrogens (tertiary/aromatic N) is 1. The maximum absolute atomic E-state index is 5.46. The molecule has 2 aromatic rings. The van der Waals surface area contributed by atoms with Gasteiger partial charge in [-0.15, -0.1) is 0 Å². The van der Waals surface area contributed by atoms with E-state index in [2.05, 4.69) is 27.6 Å². The molecule has 0 atom stereocenters. The van der Waals surface area contributed by atoms with Crippen molar-refractivity contribution < 1.29 is 9.57 Å². The van der Waals surface area contributed by atoms with Crippen molar-refractivity contribution in [1.29, 1.82) is 0 Å². The highest BCUT2D eigenvalue weighted by Crippen LogP contribution is 2.30. The molecular weight excluding hydrogens is 204 g/mol. The van der Waals surface area contributed by atoms with E-state index in [0.29, 0.717) is 6.61 Å². The molecule has 0 amide bonds. The maximum Gasteiger partial charge on any atom is 0.131 e. The zero-order valence-electron chi connectivity index (χ0n) is 9.56. The average molecular weight is 220 g/mol. The molecule has 0 spiro atoms. The summed E-state index contributed by atoms with van der Waals surface area (Å²) in [5.41, 5.74) is 2.28. The van der Waals surface area contributed by atoms with Gasteiger partial charge in [0, 0.05) is 25.1 Å². The second-order valence-electron chi connectivity index (χ2n) is 3.74. The molecular formula is C12H16N2O2. The molecule has 0 unspecified atom stereocenters. The second kappa shape index (κ2) is 4.55. The Balaban J connectivity index is 2.50. The van der Waals surface area contributed by atoms with E-state index in [4.69, 9.17) is 10.6 Å². The summed E-state index contributed by atoms with van der Waals surface area (Å²) in [6.45, 7) is 0.495. The summed E-state index contributed by atoms with van der Waals surface area (Å²) in [5, 5.41) is 1.12. The molecule has 1 heterocycles. The van der Waals surface area contributed by atoms with Crippen molar-refractivity contribution in [2.45, 2.75) is 6.42 Å². The van der Waals surface area contributed by atoms with Crippen LogP contribution in [-0.4, -0.2) is 18.3 Å². The minimum Gasteiger partial charge on any atom is -0.496 e. The van der Waals surface area contributed by atoms with Gasteiger partial charge in [-0.1, -0.05) is 6.07 Å². The number of ether oxygens (including phenoxy) is 1. The monoisotopic (exact) mass is 220 g/mol. The number of hydrogen-bond acceptors (Lipinski definition) is 3. The van der Waals surface area contributed by atoms with Crippen LogP contribution in [0.3, 0.4) is 0 Å². The number of aromatic nitrogens is 1. The van der Waals surface area contributed by atoms with Gasteiger partial charge in [0.25, 0.3) is 0 Å². The van der Waals surface area contributed by atoms with E-state index in [1.165, 1.54) is 0 Å². The summed E-state index contributed by atoms with van der Waals surface area (Å²) in [6, 6.07) is 6.20. The molecule has 0 fully saturated rings. The highest BCUT2D eigenvalue weighted by molar-refractivity contribution is 5.87. The second-order valence-corrected chi connectivity index (χ2v) is 3.74. The third kappa shape index (κ3) is 1.77. The molecule has 0 saturated heterocycles.